The van der Waals surface area contributed by atoms with Crippen molar-refractivity contribution in [1.82, 2.24) is 0 Å². The largest absolute Gasteiger partial charge is 0.481 e. The molecule has 1 saturated carbocycles. The lowest BCUT2D eigenvalue weighted by Gasteiger charge is -1.81. The van der Waals surface area contributed by atoms with Crippen LogP contribution in [0.15, 0.2) is 0 Å². The molecule has 46 valence electrons. The SMILES string of the molecule is CC1C(C(=O)O)[C@H]1C. The number of rotatable bonds is 1. The van der Waals surface area contributed by atoms with Crippen molar-refractivity contribution in [2.24, 2.45) is 17.8 Å². The molecule has 1 rings (SSSR count). The van der Waals surface area contributed by atoms with Gasteiger partial charge in [0.2, 0.25) is 0 Å². The zero-order chi connectivity index (χ0) is 6.31. The van der Waals surface area contributed by atoms with Crippen LogP contribution in [0.3, 0.4) is 0 Å². The monoisotopic (exact) mass is 114 g/mol. The van der Waals surface area contributed by atoms with Crippen LogP contribution in [0.4, 0.5) is 0 Å². The highest BCUT2D eigenvalue weighted by molar-refractivity contribution is 5.73. The van der Waals surface area contributed by atoms with E-state index in [-0.39, 0.29) is 5.92 Å². The summed E-state index contributed by atoms with van der Waals surface area (Å²) in [4.78, 5) is 10.2. The molecule has 1 aliphatic rings. The average molecular weight is 114 g/mol. The molecule has 2 unspecified atom stereocenters. The molecule has 0 saturated heterocycles. The summed E-state index contributed by atoms with van der Waals surface area (Å²) in [6.45, 7) is 3.95. The Hall–Kier alpha value is -0.530. The maximum absolute atomic E-state index is 10.2. The summed E-state index contributed by atoms with van der Waals surface area (Å²) in [5.41, 5.74) is 0. The second-order valence-electron chi connectivity index (χ2n) is 2.58. The molecule has 3 atom stereocenters. The Morgan fingerprint density at radius 3 is 1.75 bits per heavy atom. The minimum atomic E-state index is -0.634. The lowest BCUT2D eigenvalue weighted by molar-refractivity contribution is -0.139. The molecule has 0 amide bonds. The van der Waals surface area contributed by atoms with Gasteiger partial charge >= 0.3 is 5.97 Å². The molecule has 0 aromatic rings. The minimum absolute atomic E-state index is 0.0463. The molecule has 0 aromatic heterocycles. The van der Waals surface area contributed by atoms with Crippen LogP contribution >= 0.6 is 0 Å². The van der Waals surface area contributed by atoms with Crippen molar-refractivity contribution >= 4 is 5.97 Å². The van der Waals surface area contributed by atoms with Gasteiger partial charge in [0.25, 0.3) is 0 Å². The Morgan fingerprint density at radius 1 is 1.38 bits per heavy atom. The van der Waals surface area contributed by atoms with Crippen molar-refractivity contribution in [1.29, 1.82) is 0 Å². The van der Waals surface area contributed by atoms with Crippen molar-refractivity contribution in [2.75, 3.05) is 0 Å². The Bertz CT molecular complexity index is 112. The maximum Gasteiger partial charge on any atom is 0.307 e. The molecule has 0 aromatic carbocycles. The third-order valence-electron chi connectivity index (χ3n) is 2.11. The molecule has 2 nitrogen and oxygen atoms in total. The van der Waals surface area contributed by atoms with Crippen LogP contribution in [-0.2, 0) is 4.79 Å². The van der Waals surface area contributed by atoms with E-state index in [1.54, 1.807) is 0 Å². The summed E-state index contributed by atoms with van der Waals surface area (Å²) in [7, 11) is 0. The quantitative estimate of drug-likeness (QED) is 0.551. The van der Waals surface area contributed by atoms with Gasteiger partial charge in [0.1, 0.15) is 0 Å². The molecule has 1 fully saturated rings. The van der Waals surface area contributed by atoms with Gasteiger partial charge in [-0.25, -0.2) is 0 Å². The van der Waals surface area contributed by atoms with E-state index in [0.717, 1.165) is 0 Å². The summed E-state index contributed by atoms with van der Waals surface area (Å²) in [5, 5.41) is 8.39. The zero-order valence-corrected chi connectivity index (χ0v) is 5.09. The second-order valence-corrected chi connectivity index (χ2v) is 2.58. The molecule has 8 heavy (non-hydrogen) atoms. The number of hydrogen-bond acceptors (Lipinski definition) is 1. The summed E-state index contributed by atoms with van der Waals surface area (Å²) in [6.07, 6.45) is 0. The van der Waals surface area contributed by atoms with Gasteiger partial charge in [-0.3, -0.25) is 4.79 Å². The smallest absolute Gasteiger partial charge is 0.307 e. The lowest BCUT2D eigenvalue weighted by atomic mass is 10.3. The minimum Gasteiger partial charge on any atom is -0.481 e. The van der Waals surface area contributed by atoms with Gasteiger partial charge in [0, 0.05) is 0 Å². The molecular formula is C6H10O2. The van der Waals surface area contributed by atoms with Crippen LogP contribution in [0.1, 0.15) is 13.8 Å². The van der Waals surface area contributed by atoms with E-state index < -0.39 is 5.97 Å². The van der Waals surface area contributed by atoms with Crippen molar-refractivity contribution < 1.29 is 9.90 Å². The van der Waals surface area contributed by atoms with Crippen LogP contribution in [0.5, 0.6) is 0 Å². The Kier molecular flexibility index (Phi) is 1.03. The molecule has 0 bridgehead atoms. The van der Waals surface area contributed by atoms with Crippen LogP contribution in [-0.4, -0.2) is 11.1 Å². The van der Waals surface area contributed by atoms with Crippen LogP contribution in [0.25, 0.3) is 0 Å². The van der Waals surface area contributed by atoms with Gasteiger partial charge in [-0.2, -0.15) is 0 Å². The Labute approximate surface area is 48.5 Å². The standard InChI is InChI=1S/C6H10O2/c1-3-4(2)5(3)6(7)8/h3-5H,1-2H3,(H,7,8)/t3-,4?,5?/m0/s1. The average Bonchev–Trinajstić information content (AvgIpc) is 2.15. The van der Waals surface area contributed by atoms with Crippen LogP contribution < -0.4 is 0 Å². The van der Waals surface area contributed by atoms with Crippen molar-refractivity contribution in [3.8, 4) is 0 Å². The number of aliphatic carboxylic acids is 1. The van der Waals surface area contributed by atoms with Crippen molar-refractivity contribution in [2.45, 2.75) is 13.8 Å². The molecule has 1 aliphatic carbocycles. The van der Waals surface area contributed by atoms with E-state index >= 15 is 0 Å². The normalized spacial score (nSPS) is 44.0. The third-order valence-corrected chi connectivity index (χ3v) is 2.11. The predicted octanol–water partition coefficient (Wildman–Crippen LogP) is 0.973. The van der Waals surface area contributed by atoms with Gasteiger partial charge in [0.05, 0.1) is 5.92 Å². The highest BCUT2D eigenvalue weighted by atomic mass is 16.4. The summed E-state index contributed by atoms with van der Waals surface area (Å²) in [5.74, 6) is 0.139. The van der Waals surface area contributed by atoms with E-state index in [2.05, 4.69) is 0 Å². The second kappa shape index (κ2) is 1.47. The molecule has 0 spiro atoms. The molecular weight excluding hydrogens is 104 g/mol. The van der Waals surface area contributed by atoms with Gasteiger partial charge in [-0.05, 0) is 11.8 Å². The van der Waals surface area contributed by atoms with Crippen LogP contribution in [0, 0.1) is 17.8 Å². The first-order valence-electron chi connectivity index (χ1n) is 2.87. The van der Waals surface area contributed by atoms with E-state index in [4.69, 9.17) is 5.11 Å². The molecule has 0 aliphatic heterocycles. The molecule has 0 radical (unpaired) electrons. The summed E-state index contributed by atoms with van der Waals surface area (Å²) < 4.78 is 0. The van der Waals surface area contributed by atoms with Gasteiger partial charge in [0.15, 0.2) is 0 Å². The third kappa shape index (κ3) is 0.602. The van der Waals surface area contributed by atoms with E-state index in [0.29, 0.717) is 11.8 Å². The van der Waals surface area contributed by atoms with Gasteiger partial charge in [-0.1, -0.05) is 13.8 Å². The number of hydrogen-bond donors (Lipinski definition) is 1. The molecule has 2 heteroatoms. The summed E-state index contributed by atoms with van der Waals surface area (Å²) >= 11 is 0. The first-order chi connectivity index (χ1) is 3.64. The molecule has 0 heterocycles. The number of carboxylic acids is 1. The number of carboxylic acid groups (broad SMARTS) is 1. The fraction of sp³-hybridized carbons (Fsp3) is 0.833. The van der Waals surface area contributed by atoms with E-state index in [1.165, 1.54) is 0 Å². The Balaban J connectivity index is 2.44. The lowest BCUT2D eigenvalue weighted by Crippen LogP contribution is -1.98. The zero-order valence-electron chi connectivity index (χ0n) is 5.09. The fourth-order valence-corrected chi connectivity index (χ4v) is 1.11. The highest BCUT2D eigenvalue weighted by Gasteiger charge is 2.48. The van der Waals surface area contributed by atoms with Gasteiger partial charge < -0.3 is 5.11 Å². The van der Waals surface area contributed by atoms with Crippen LogP contribution in [0.2, 0.25) is 0 Å². The maximum atomic E-state index is 10.2. The topological polar surface area (TPSA) is 37.3 Å². The highest BCUT2D eigenvalue weighted by Crippen LogP contribution is 2.45. The molecule has 1 N–H and O–H groups in total. The number of carbonyl (C=O) groups is 1. The predicted molar refractivity (Wildman–Crippen MR) is 29.5 cm³/mol. The first kappa shape index (κ1) is 5.60. The van der Waals surface area contributed by atoms with E-state index in [1.807, 2.05) is 13.8 Å². The van der Waals surface area contributed by atoms with E-state index in [9.17, 15) is 4.79 Å². The van der Waals surface area contributed by atoms with Crippen molar-refractivity contribution in [3.05, 3.63) is 0 Å². The first-order valence-corrected chi connectivity index (χ1v) is 2.87. The summed E-state index contributed by atoms with van der Waals surface area (Å²) in [6, 6.07) is 0. The fourth-order valence-electron chi connectivity index (χ4n) is 1.11. The van der Waals surface area contributed by atoms with Gasteiger partial charge in [-0.15, -0.1) is 0 Å². The van der Waals surface area contributed by atoms with Crippen molar-refractivity contribution in [3.63, 3.8) is 0 Å². The Morgan fingerprint density at radius 2 is 1.75 bits per heavy atom.